The molecule has 0 aliphatic carbocycles. The number of carbonyl (C=O) groups is 1. The summed E-state index contributed by atoms with van der Waals surface area (Å²) in [6.45, 7) is 1.73. The van der Waals surface area contributed by atoms with Crippen molar-refractivity contribution in [1.82, 2.24) is 10.6 Å². The Hall–Kier alpha value is -1.26. The van der Waals surface area contributed by atoms with Crippen LogP contribution in [0.25, 0.3) is 0 Å². The zero-order valence-electron chi connectivity index (χ0n) is 12.5. The van der Waals surface area contributed by atoms with E-state index in [1.807, 2.05) is 22.6 Å². The maximum absolute atomic E-state index is 12.2. The van der Waals surface area contributed by atoms with Crippen molar-refractivity contribution in [2.24, 2.45) is 0 Å². The van der Waals surface area contributed by atoms with E-state index in [0.29, 0.717) is 30.5 Å². The first-order chi connectivity index (χ1) is 10.8. The molecule has 0 bridgehead atoms. The minimum atomic E-state index is -0.619. The summed E-state index contributed by atoms with van der Waals surface area (Å²) in [5.41, 5.74) is 1.48. The third-order valence-electron chi connectivity index (χ3n) is 3.38. The number of rotatable bonds is 3. The average Bonchev–Trinajstić information content (AvgIpc) is 2.51. The Morgan fingerprint density at radius 2 is 2.13 bits per heavy atom. The summed E-state index contributed by atoms with van der Waals surface area (Å²) in [4.78, 5) is 12.2. The van der Waals surface area contributed by atoms with Gasteiger partial charge in [-0.2, -0.15) is 0 Å². The van der Waals surface area contributed by atoms with Gasteiger partial charge in [0.15, 0.2) is 16.6 Å². The molecule has 2 rings (SSSR count). The summed E-state index contributed by atoms with van der Waals surface area (Å²) in [7, 11) is 2.74. The Labute approximate surface area is 157 Å². The normalized spacial score (nSPS) is 17.4. The van der Waals surface area contributed by atoms with Crippen LogP contribution in [0.2, 0.25) is 5.02 Å². The number of esters is 1. The van der Waals surface area contributed by atoms with Crippen LogP contribution in [0, 0.1) is 3.57 Å². The predicted molar refractivity (Wildman–Crippen MR) is 98.7 cm³/mol. The molecule has 1 aromatic carbocycles. The zero-order valence-corrected chi connectivity index (χ0v) is 16.2. The highest BCUT2D eigenvalue weighted by Gasteiger charge is 2.33. The second kappa shape index (κ2) is 7.10. The lowest BCUT2D eigenvalue weighted by Crippen LogP contribution is -2.45. The van der Waals surface area contributed by atoms with Crippen molar-refractivity contribution >= 4 is 57.5 Å². The predicted octanol–water partition coefficient (Wildman–Crippen LogP) is 2.62. The molecule has 23 heavy (non-hydrogen) atoms. The van der Waals surface area contributed by atoms with Gasteiger partial charge in [-0.25, -0.2) is 4.79 Å². The van der Waals surface area contributed by atoms with Crippen molar-refractivity contribution in [2.75, 3.05) is 14.2 Å². The van der Waals surface area contributed by atoms with Gasteiger partial charge in [0.2, 0.25) is 0 Å². The van der Waals surface area contributed by atoms with E-state index in [0.717, 1.165) is 0 Å². The van der Waals surface area contributed by atoms with E-state index in [1.165, 1.54) is 14.2 Å². The van der Waals surface area contributed by atoms with Crippen molar-refractivity contribution in [3.05, 3.63) is 31.5 Å². The van der Waals surface area contributed by atoms with Gasteiger partial charge in [0.25, 0.3) is 0 Å². The van der Waals surface area contributed by atoms with Gasteiger partial charge in [0.05, 0.1) is 34.4 Å². The summed E-state index contributed by atoms with van der Waals surface area (Å²) >= 11 is 13.4. The highest BCUT2D eigenvalue weighted by molar-refractivity contribution is 14.1. The summed E-state index contributed by atoms with van der Waals surface area (Å²) < 4.78 is 10.4. The van der Waals surface area contributed by atoms with Gasteiger partial charge in [-0.3, -0.25) is 0 Å². The number of benzene rings is 1. The molecule has 124 valence electrons. The van der Waals surface area contributed by atoms with Crippen molar-refractivity contribution in [1.29, 1.82) is 0 Å². The van der Waals surface area contributed by atoms with E-state index in [-0.39, 0.29) is 11.5 Å². The number of methoxy groups -OCH3 is 2. The van der Waals surface area contributed by atoms with E-state index in [1.54, 1.807) is 13.0 Å². The highest BCUT2D eigenvalue weighted by Crippen LogP contribution is 2.43. The number of allylic oxidation sites excluding steroid dienone is 1. The Kier molecular flexibility index (Phi) is 5.58. The maximum Gasteiger partial charge on any atom is 0.337 e. The molecule has 1 aliphatic rings. The third kappa shape index (κ3) is 3.33. The molecule has 0 aromatic heterocycles. The quantitative estimate of drug-likeness (QED) is 0.357. The Morgan fingerprint density at radius 3 is 2.70 bits per heavy atom. The second-order valence-electron chi connectivity index (χ2n) is 4.71. The van der Waals surface area contributed by atoms with E-state index in [9.17, 15) is 9.90 Å². The van der Waals surface area contributed by atoms with E-state index >= 15 is 0 Å². The van der Waals surface area contributed by atoms with Gasteiger partial charge in [0, 0.05) is 11.3 Å². The van der Waals surface area contributed by atoms with E-state index in [2.05, 4.69) is 10.6 Å². The first-order valence-electron chi connectivity index (χ1n) is 6.43. The van der Waals surface area contributed by atoms with Crippen LogP contribution >= 0.6 is 46.4 Å². The number of hydrogen-bond donors (Lipinski definition) is 3. The van der Waals surface area contributed by atoms with Gasteiger partial charge in [-0.05, 0) is 47.8 Å². The molecule has 6 nitrogen and oxygen atoms in total. The lowest BCUT2D eigenvalue weighted by atomic mass is 9.95. The number of phenols is 1. The molecule has 1 atom stereocenters. The fourth-order valence-electron chi connectivity index (χ4n) is 2.29. The molecule has 1 unspecified atom stereocenters. The van der Waals surface area contributed by atoms with Crippen molar-refractivity contribution in [3.8, 4) is 11.5 Å². The number of phenolic OH excluding ortho intramolecular Hbond substituents is 1. The summed E-state index contributed by atoms with van der Waals surface area (Å²) in [6.07, 6.45) is 0. The van der Waals surface area contributed by atoms with Crippen LogP contribution in [0.1, 0.15) is 18.5 Å². The highest BCUT2D eigenvalue weighted by atomic mass is 127. The maximum atomic E-state index is 12.2. The van der Waals surface area contributed by atoms with E-state index < -0.39 is 12.0 Å². The lowest BCUT2D eigenvalue weighted by Gasteiger charge is -2.30. The summed E-state index contributed by atoms with van der Waals surface area (Å²) in [6, 6.07) is 0.952. The number of carbonyl (C=O) groups excluding carboxylic acids is 1. The summed E-state index contributed by atoms with van der Waals surface area (Å²) in [5, 5.41) is 16.6. The first kappa shape index (κ1) is 18.1. The lowest BCUT2D eigenvalue weighted by molar-refractivity contribution is -0.136. The molecular formula is C14H14ClIN2O4S. The van der Waals surface area contributed by atoms with Crippen molar-refractivity contribution < 1.29 is 19.4 Å². The number of ether oxygens (including phenoxy) is 2. The van der Waals surface area contributed by atoms with Gasteiger partial charge in [-0.15, -0.1) is 0 Å². The molecule has 1 aromatic rings. The Balaban J connectivity index is 2.67. The number of halogens is 2. The van der Waals surface area contributed by atoms with Crippen LogP contribution in [0.3, 0.4) is 0 Å². The smallest absolute Gasteiger partial charge is 0.337 e. The SMILES string of the molecule is COC(=O)C1=C(C)NC(=S)NC1c1cc(OC)c(O)c(I)c1Cl. The monoisotopic (exact) mass is 468 g/mol. The first-order valence-corrected chi connectivity index (χ1v) is 8.29. The molecule has 0 spiro atoms. The molecule has 0 saturated carbocycles. The Bertz CT molecular complexity index is 723. The second-order valence-corrected chi connectivity index (χ2v) is 6.57. The van der Waals surface area contributed by atoms with Crippen LogP contribution in [0.4, 0.5) is 0 Å². The van der Waals surface area contributed by atoms with E-state index in [4.69, 9.17) is 33.3 Å². The van der Waals surface area contributed by atoms with Crippen LogP contribution in [0.5, 0.6) is 11.5 Å². The number of aromatic hydroxyl groups is 1. The average molecular weight is 469 g/mol. The van der Waals surface area contributed by atoms with Crippen LogP contribution in [-0.4, -0.2) is 30.4 Å². The minimum Gasteiger partial charge on any atom is -0.503 e. The molecular weight excluding hydrogens is 455 g/mol. The van der Waals surface area contributed by atoms with Gasteiger partial charge < -0.3 is 25.2 Å². The molecule has 9 heteroatoms. The number of nitrogens with one attached hydrogen (secondary N) is 2. The fraction of sp³-hybridized carbons (Fsp3) is 0.286. The molecule has 0 amide bonds. The van der Waals surface area contributed by atoms with Gasteiger partial charge in [-0.1, -0.05) is 11.6 Å². The number of hydrogen-bond acceptors (Lipinski definition) is 5. The minimum absolute atomic E-state index is 0.0568. The fourth-order valence-corrected chi connectivity index (χ4v) is 3.39. The van der Waals surface area contributed by atoms with Crippen molar-refractivity contribution in [3.63, 3.8) is 0 Å². The molecule has 3 N–H and O–H groups in total. The van der Waals surface area contributed by atoms with Gasteiger partial charge in [0.1, 0.15) is 0 Å². The molecule has 0 fully saturated rings. The number of thiocarbonyl (C=S) groups is 1. The third-order valence-corrected chi connectivity index (χ3v) is 5.38. The topological polar surface area (TPSA) is 79.8 Å². The summed E-state index contributed by atoms with van der Waals surface area (Å²) in [5.74, 6) is -0.311. The largest absolute Gasteiger partial charge is 0.503 e. The van der Waals surface area contributed by atoms with Crippen LogP contribution in [0.15, 0.2) is 17.3 Å². The van der Waals surface area contributed by atoms with Crippen LogP contribution < -0.4 is 15.4 Å². The van der Waals surface area contributed by atoms with Crippen LogP contribution in [-0.2, 0) is 9.53 Å². The molecule has 1 heterocycles. The Morgan fingerprint density at radius 1 is 1.48 bits per heavy atom. The molecule has 0 radical (unpaired) electrons. The van der Waals surface area contributed by atoms with Crippen molar-refractivity contribution in [2.45, 2.75) is 13.0 Å². The molecule has 0 saturated heterocycles. The molecule has 1 aliphatic heterocycles. The standard InChI is InChI=1S/C14H14ClIN2O4S/c1-5-8(13(20)22-3)11(18-14(23)17-5)6-4-7(21-2)12(19)10(16)9(6)15/h4,11,19H,1-3H3,(H2,17,18,23). The zero-order chi connectivity index (χ0) is 17.3. The van der Waals surface area contributed by atoms with Gasteiger partial charge >= 0.3 is 5.97 Å².